The highest BCUT2D eigenvalue weighted by atomic mass is 127. The van der Waals surface area contributed by atoms with Crippen LogP contribution in [-0.4, -0.2) is 4.57 Å². The minimum Gasteiger partial charge on any atom is -0.309 e. The van der Waals surface area contributed by atoms with E-state index in [1.54, 1.807) is 0 Å². The molecule has 1 aromatic heterocycles. The largest absolute Gasteiger partial charge is 0.309 e. The van der Waals surface area contributed by atoms with Crippen LogP contribution < -0.4 is 22.6 Å². The van der Waals surface area contributed by atoms with Crippen LogP contribution in [0.2, 0.25) is 0 Å². The van der Waals surface area contributed by atoms with Crippen molar-refractivity contribution in [2.45, 2.75) is 6.92 Å². The first-order valence-electron chi connectivity index (χ1n) is 18.9. The zero-order chi connectivity index (χ0) is 36.6. The highest BCUT2D eigenvalue weighted by Crippen LogP contribution is 2.46. The average molecular weight is 813 g/mol. The molecule has 0 amide bonds. The Labute approximate surface area is 333 Å². The van der Waals surface area contributed by atoms with E-state index in [1.165, 1.54) is 108 Å². The minimum absolute atomic E-state index is 1.15. The zero-order valence-electron chi connectivity index (χ0n) is 30.3. The lowest BCUT2D eigenvalue weighted by Crippen LogP contribution is -3.34. The monoisotopic (exact) mass is 812 g/mol. The van der Waals surface area contributed by atoms with Crippen molar-refractivity contribution in [2.75, 3.05) is 0 Å². The van der Waals surface area contributed by atoms with Gasteiger partial charge in [-0.2, -0.15) is 0 Å². The molecule has 2 heteroatoms. The Bertz CT molecular complexity index is 3230. The van der Waals surface area contributed by atoms with E-state index < -0.39 is 0 Å². The number of aryl methyl sites for hydroxylation is 1. The van der Waals surface area contributed by atoms with Gasteiger partial charge >= 0.3 is 0 Å². The third-order valence-corrected chi connectivity index (χ3v) is 12.3. The Balaban J connectivity index is 1.12. The third kappa shape index (κ3) is 5.20. The summed E-state index contributed by atoms with van der Waals surface area (Å²) in [5.74, 6) is 0. The predicted octanol–water partition coefficient (Wildman–Crippen LogP) is 11.1. The van der Waals surface area contributed by atoms with Crippen molar-refractivity contribution in [3.05, 3.63) is 197 Å². The summed E-state index contributed by atoms with van der Waals surface area (Å²) in [6.45, 7) is 2.16. The van der Waals surface area contributed by atoms with E-state index in [0.29, 0.717) is 0 Å². The molecule has 0 aliphatic rings. The van der Waals surface area contributed by atoms with Gasteiger partial charge < -0.3 is 4.57 Å². The van der Waals surface area contributed by atoms with Gasteiger partial charge in [-0.1, -0.05) is 133 Å². The van der Waals surface area contributed by atoms with Crippen molar-refractivity contribution in [2.24, 2.45) is 0 Å². The molecule has 55 heavy (non-hydrogen) atoms. The van der Waals surface area contributed by atoms with E-state index in [2.05, 4.69) is 222 Å². The fourth-order valence-electron chi connectivity index (χ4n) is 8.85. The molecule has 0 unspecified atom stereocenters. The number of rotatable bonds is 5. The molecule has 0 spiro atoms. The van der Waals surface area contributed by atoms with Gasteiger partial charge in [0.1, 0.15) is 0 Å². The summed E-state index contributed by atoms with van der Waals surface area (Å²) in [6.07, 6.45) is 0. The zero-order valence-corrected chi connectivity index (χ0v) is 32.6. The summed E-state index contributed by atoms with van der Waals surface area (Å²) in [5.41, 5.74) is 14.8. The second kappa shape index (κ2) is 12.7. The van der Waals surface area contributed by atoms with E-state index in [9.17, 15) is 0 Å². The van der Waals surface area contributed by atoms with Crippen LogP contribution in [-0.2, 0) is 0 Å². The smallest absolute Gasteiger partial charge is 0.296 e. The lowest BCUT2D eigenvalue weighted by Gasteiger charge is -2.20. The first kappa shape index (κ1) is 32.2. The summed E-state index contributed by atoms with van der Waals surface area (Å²) >= 11 is 2.07. The molecule has 11 rings (SSSR count). The molecule has 0 saturated carbocycles. The Morgan fingerprint density at radius 3 is 1.67 bits per heavy atom. The van der Waals surface area contributed by atoms with E-state index in [4.69, 9.17) is 0 Å². The van der Waals surface area contributed by atoms with Crippen LogP contribution in [0.15, 0.2) is 188 Å². The number of hydrogen-bond donors (Lipinski definition) is 0. The van der Waals surface area contributed by atoms with Gasteiger partial charge in [-0.05, 0) is 144 Å². The second-order valence-electron chi connectivity index (χ2n) is 14.7. The molecule has 0 atom stereocenters. The third-order valence-electron chi connectivity index (χ3n) is 11.5. The van der Waals surface area contributed by atoms with Gasteiger partial charge in [-0.15, -0.1) is 0 Å². The molecule has 0 saturated heterocycles. The van der Waals surface area contributed by atoms with Crippen molar-refractivity contribution in [1.82, 2.24) is 4.57 Å². The van der Waals surface area contributed by atoms with Gasteiger partial charge in [0.2, 0.25) is 0 Å². The lowest BCUT2D eigenvalue weighted by molar-refractivity contribution is -0.328. The van der Waals surface area contributed by atoms with Gasteiger partial charge in [0.25, 0.3) is 22.6 Å². The standard InChI is InChI=1S/C53H35IN/c1-33-11-13-36(14-12-33)47-32-48(46-29-28-44-42(35-15-22-40(54)23-16-35)26-19-38-20-27-45(47)53(46)52(38)44)37-17-24-41(25-18-37)55-50-10-6-5-9-43(50)49-31-39(21-30-51(49)55)34-7-3-2-4-8-34/h2-32,54H,1H3/q+1. The predicted molar refractivity (Wildman–Crippen MR) is 231 cm³/mol. The van der Waals surface area contributed by atoms with Crippen LogP contribution in [0.1, 0.15) is 5.56 Å². The van der Waals surface area contributed by atoms with Gasteiger partial charge in [0.15, 0.2) is 3.57 Å². The molecule has 0 aliphatic heterocycles. The molecule has 0 radical (unpaired) electrons. The molecule has 0 fully saturated rings. The van der Waals surface area contributed by atoms with Crippen LogP contribution in [0, 0.1) is 10.5 Å². The number of para-hydroxylation sites is 1. The van der Waals surface area contributed by atoms with E-state index in [-0.39, 0.29) is 0 Å². The van der Waals surface area contributed by atoms with Crippen LogP contribution in [0.5, 0.6) is 0 Å². The summed E-state index contributed by atoms with van der Waals surface area (Å²) in [4.78, 5) is 0. The Hall–Kier alpha value is -6.23. The first-order valence-corrected chi connectivity index (χ1v) is 20.0. The molecular formula is C53H35IN+. The molecule has 0 aliphatic carbocycles. The first-order chi connectivity index (χ1) is 27.1. The topological polar surface area (TPSA) is 4.93 Å². The number of benzene rings is 10. The number of halogens is 1. The Kier molecular flexibility index (Phi) is 7.43. The van der Waals surface area contributed by atoms with Crippen molar-refractivity contribution in [3.8, 4) is 50.2 Å². The van der Waals surface area contributed by atoms with Crippen molar-refractivity contribution in [1.29, 1.82) is 0 Å². The van der Waals surface area contributed by atoms with E-state index in [1.807, 2.05) is 0 Å². The maximum absolute atomic E-state index is 2.42. The van der Waals surface area contributed by atoms with Crippen LogP contribution >= 0.6 is 0 Å². The molecule has 0 bridgehead atoms. The molecule has 258 valence electrons. The summed E-state index contributed by atoms with van der Waals surface area (Å²) in [5, 5.41) is 10.3. The fourth-order valence-corrected chi connectivity index (χ4v) is 9.23. The Morgan fingerprint density at radius 2 is 0.927 bits per heavy atom. The highest BCUT2D eigenvalue weighted by molar-refractivity contribution is 6.30. The van der Waals surface area contributed by atoms with Crippen LogP contribution in [0.4, 0.5) is 0 Å². The average Bonchev–Trinajstić information content (AvgIpc) is 3.57. The van der Waals surface area contributed by atoms with Crippen molar-refractivity contribution < 1.29 is 22.6 Å². The number of fused-ring (bicyclic) bond motifs is 3. The summed E-state index contributed by atoms with van der Waals surface area (Å²) < 4.78 is 3.70. The van der Waals surface area contributed by atoms with E-state index in [0.717, 1.165) is 5.69 Å². The fraction of sp³-hybridized carbons (Fsp3) is 0.0189. The number of hydrogen-bond acceptors (Lipinski definition) is 0. The van der Waals surface area contributed by atoms with Crippen molar-refractivity contribution in [3.63, 3.8) is 0 Å². The van der Waals surface area contributed by atoms with Gasteiger partial charge in [-0.3, -0.25) is 0 Å². The molecule has 11 aromatic rings. The molecule has 10 aromatic carbocycles. The van der Waals surface area contributed by atoms with Gasteiger partial charge in [-0.25, -0.2) is 0 Å². The molecule has 0 N–H and O–H groups in total. The summed E-state index contributed by atoms with van der Waals surface area (Å²) in [7, 11) is 0. The lowest BCUT2D eigenvalue weighted by atomic mass is 9.84. The summed E-state index contributed by atoms with van der Waals surface area (Å²) in [6, 6.07) is 69.9. The SMILES string of the molecule is Cc1ccc(-c2cc(-c3ccc(-n4c5ccccc5c5cc(-c6ccccc6)ccc54)cc3)c3ccc4c(-c5ccc([IH+])cc5)ccc5ccc2c3c54)cc1. The minimum atomic E-state index is 1.15. The van der Waals surface area contributed by atoms with Gasteiger partial charge in [0, 0.05) is 16.5 Å². The normalized spacial score (nSPS) is 11.8. The maximum atomic E-state index is 2.42. The number of nitrogens with zero attached hydrogens (tertiary/aromatic N) is 1. The van der Waals surface area contributed by atoms with Gasteiger partial charge in [0.05, 0.1) is 11.0 Å². The van der Waals surface area contributed by atoms with Crippen LogP contribution in [0.3, 0.4) is 0 Å². The highest BCUT2D eigenvalue weighted by Gasteiger charge is 2.19. The quantitative estimate of drug-likeness (QED) is 0.121. The Morgan fingerprint density at radius 1 is 0.364 bits per heavy atom. The van der Waals surface area contributed by atoms with E-state index >= 15 is 0 Å². The molecular weight excluding hydrogens is 777 g/mol. The molecule has 1 heterocycles. The van der Waals surface area contributed by atoms with Crippen LogP contribution in [0.25, 0.3) is 104 Å². The number of aromatic nitrogens is 1. The maximum Gasteiger partial charge on any atom is 0.296 e. The van der Waals surface area contributed by atoms with Crippen molar-refractivity contribution >= 4 is 54.1 Å². The molecule has 1 nitrogen and oxygen atoms in total. The second-order valence-corrected chi connectivity index (χ2v) is 16.1.